The summed E-state index contributed by atoms with van der Waals surface area (Å²) < 4.78 is 14.1. The molecule has 0 aromatic carbocycles. The molecular weight excluding hydrogens is 355 g/mol. The van der Waals surface area contributed by atoms with E-state index < -0.39 is 11.9 Å². The predicted octanol–water partition coefficient (Wildman–Crippen LogP) is 3.74. The van der Waals surface area contributed by atoms with Crippen molar-refractivity contribution in [2.75, 3.05) is 5.32 Å². The van der Waals surface area contributed by atoms with Gasteiger partial charge in [-0.3, -0.25) is 9.78 Å². The van der Waals surface area contributed by atoms with Crippen molar-refractivity contribution in [3.8, 4) is 0 Å². The molecule has 2 N–H and O–H groups in total. The van der Waals surface area contributed by atoms with Gasteiger partial charge in [0.15, 0.2) is 5.78 Å². The SMILES string of the molecule is C[C@H](Nc1nc(C(=O)CC[C@@H](C)O)c2sccc2n1)c1cncc(F)c1. The summed E-state index contributed by atoms with van der Waals surface area (Å²) in [6.45, 7) is 3.49. The average Bonchev–Trinajstić information content (AvgIpc) is 3.07. The Balaban J connectivity index is 1.88. The van der Waals surface area contributed by atoms with E-state index in [1.54, 1.807) is 13.1 Å². The van der Waals surface area contributed by atoms with Crippen LogP contribution in [0.25, 0.3) is 10.2 Å². The van der Waals surface area contributed by atoms with Gasteiger partial charge in [0.05, 0.1) is 28.6 Å². The standard InChI is InChI=1S/C18H19FN4O2S/c1-10(24)3-4-15(25)16-17-14(5-6-26-17)22-18(23-16)21-11(2)12-7-13(19)9-20-8-12/h5-11,24H,3-4H2,1-2H3,(H,21,22,23)/t10-,11+/m1/s1. The molecule has 0 saturated heterocycles. The van der Waals surface area contributed by atoms with E-state index in [-0.39, 0.29) is 18.2 Å². The molecule has 0 aliphatic carbocycles. The van der Waals surface area contributed by atoms with Crippen LogP contribution in [0.4, 0.5) is 10.3 Å². The first-order chi connectivity index (χ1) is 12.4. The van der Waals surface area contributed by atoms with Crippen molar-refractivity contribution in [2.45, 2.75) is 38.8 Å². The number of aliphatic hydroxyl groups is 1. The van der Waals surface area contributed by atoms with Gasteiger partial charge in [-0.2, -0.15) is 0 Å². The van der Waals surface area contributed by atoms with Crippen LogP contribution in [0.5, 0.6) is 0 Å². The summed E-state index contributed by atoms with van der Waals surface area (Å²) in [4.78, 5) is 25.2. The van der Waals surface area contributed by atoms with Crippen LogP contribution >= 0.6 is 11.3 Å². The first-order valence-electron chi connectivity index (χ1n) is 8.27. The number of hydrogen-bond donors (Lipinski definition) is 2. The van der Waals surface area contributed by atoms with Gasteiger partial charge in [-0.1, -0.05) is 0 Å². The lowest BCUT2D eigenvalue weighted by Gasteiger charge is -2.15. The molecule has 26 heavy (non-hydrogen) atoms. The van der Waals surface area contributed by atoms with E-state index in [4.69, 9.17) is 0 Å². The highest BCUT2D eigenvalue weighted by Gasteiger charge is 2.18. The van der Waals surface area contributed by atoms with Crippen LogP contribution in [-0.2, 0) is 0 Å². The molecule has 0 bridgehead atoms. The molecule has 0 saturated carbocycles. The summed E-state index contributed by atoms with van der Waals surface area (Å²) in [7, 11) is 0. The lowest BCUT2D eigenvalue weighted by Crippen LogP contribution is -2.13. The Morgan fingerprint density at radius 2 is 2.15 bits per heavy atom. The maximum Gasteiger partial charge on any atom is 0.224 e. The Morgan fingerprint density at radius 1 is 1.35 bits per heavy atom. The summed E-state index contributed by atoms with van der Waals surface area (Å²) in [5.41, 5.74) is 1.68. The third-order valence-electron chi connectivity index (χ3n) is 3.93. The van der Waals surface area contributed by atoms with E-state index in [9.17, 15) is 14.3 Å². The molecule has 3 aromatic rings. The highest BCUT2D eigenvalue weighted by molar-refractivity contribution is 7.17. The Bertz CT molecular complexity index is 928. The topological polar surface area (TPSA) is 88.0 Å². The number of pyridine rings is 1. The zero-order valence-electron chi connectivity index (χ0n) is 14.4. The van der Waals surface area contributed by atoms with Gasteiger partial charge in [0.1, 0.15) is 11.5 Å². The fourth-order valence-corrected chi connectivity index (χ4v) is 3.36. The Hall–Kier alpha value is -2.45. The normalized spacial score (nSPS) is 13.5. The van der Waals surface area contributed by atoms with Crippen molar-refractivity contribution < 1.29 is 14.3 Å². The number of aliphatic hydroxyl groups excluding tert-OH is 1. The molecule has 136 valence electrons. The molecule has 6 nitrogen and oxygen atoms in total. The molecule has 0 aliphatic heterocycles. The highest BCUT2D eigenvalue weighted by atomic mass is 32.1. The number of aromatic nitrogens is 3. The number of rotatable bonds is 7. The predicted molar refractivity (Wildman–Crippen MR) is 98.9 cm³/mol. The maximum absolute atomic E-state index is 13.4. The molecule has 0 fully saturated rings. The number of thiophene rings is 1. The first kappa shape index (κ1) is 18.3. The van der Waals surface area contributed by atoms with Crippen molar-refractivity contribution in [1.82, 2.24) is 15.0 Å². The molecule has 0 amide bonds. The second-order valence-corrected chi connectivity index (χ2v) is 7.06. The number of nitrogens with one attached hydrogen (secondary N) is 1. The van der Waals surface area contributed by atoms with E-state index >= 15 is 0 Å². The molecule has 2 atom stereocenters. The number of carbonyl (C=O) groups excluding carboxylic acids is 1. The largest absolute Gasteiger partial charge is 0.393 e. The van der Waals surface area contributed by atoms with Crippen molar-refractivity contribution in [3.05, 3.63) is 47.0 Å². The Morgan fingerprint density at radius 3 is 2.88 bits per heavy atom. The van der Waals surface area contributed by atoms with Crippen LogP contribution in [0.2, 0.25) is 0 Å². The minimum atomic E-state index is -0.544. The summed E-state index contributed by atoms with van der Waals surface area (Å²) in [6, 6.07) is 2.93. The zero-order chi connectivity index (χ0) is 18.7. The van der Waals surface area contributed by atoms with Gasteiger partial charge in [-0.25, -0.2) is 14.4 Å². The van der Waals surface area contributed by atoms with E-state index in [2.05, 4.69) is 20.3 Å². The summed E-state index contributed by atoms with van der Waals surface area (Å²) >= 11 is 1.41. The number of halogens is 1. The minimum Gasteiger partial charge on any atom is -0.393 e. The lowest BCUT2D eigenvalue weighted by atomic mass is 10.1. The Kier molecular flexibility index (Phi) is 5.53. The van der Waals surface area contributed by atoms with Gasteiger partial charge in [-0.05, 0) is 43.3 Å². The van der Waals surface area contributed by atoms with Gasteiger partial charge in [0.2, 0.25) is 5.95 Å². The molecule has 3 rings (SSSR count). The van der Waals surface area contributed by atoms with E-state index in [1.807, 2.05) is 18.4 Å². The van der Waals surface area contributed by atoms with Crippen LogP contribution in [0.3, 0.4) is 0 Å². The average molecular weight is 374 g/mol. The van der Waals surface area contributed by atoms with E-state index in [0.717, 1.165) is 10.9 Å². The highest BCUT2D eigenvalue weighted by Crippen LogP contribution is 2.26. The number of hydrogen-bond acceptors (Lipinski definition) is 7. The summed E-state index contributed by atoms with van der Waals surface area (Å²) in [5.74, 6) is -0.253. The first-order valence-corrected chi connectivity index (χ1v) is 9.15. The molecule has 3 aromatic heterocycles. The molecule has 0 spiro atoms. The van der Waals surface area contributed by atoms with Gasteiger partial charge < -0.3 is 10.4 Å². The second kappa shape index (κ2) is 7.84. The number of carbonyl (C=O) groups is 1. The van der Waals surface area contributed by atoms with Gasteiger partial charge in [-0.15, -0.1) is 11.3 Å². The summed E-state index contributed by atoms with van der Waals surface area (Å²) in [5, 5.41) is 14.4. The number of Topliss-reactive ketones (excluding diaryl/α,β-unsaturated/α-hetero) is 1. The van der Waals surface area contributed by atoms with Gasteiger partial charge >= 0.3 is 0 Å². The molecule has 0 unspecified atom stereocenters. The monoisotopic (exact) mass is 374 g/mol. The molecule has 3 heterocycles. The smallest absolute Gasteiger partial charge is 0.224 e. The molecule has 8 heteroatoms. The molecular formula is C18H19FN4O2S. The quantitative estimate of drug-likeness (QED) is 0.613. The zero-order valence-corrected chi connectivity index (χ0v) is 15.3. The Labute approximate surface area is 154 Å². The molecule has 0 radical (unpaired) electrons. The van der Waals surface area contributed by atoms with Crippen molar-refractivity contribution in [1.29, 1.82) is 0 Å². The fraction of sp³-hybridized carbons (Fsp3) is 0.333. The van der Waals surface area contributed by atoms with Crippen LogP contribution < -0.4 is 5.32 Å². The van der Waals surface area contributed by atoms with Crippen LogP contribution in [0, 0.1) is 5.82 Å². The number of fused-ring (bicyclic) bond motifs is 1. The second-order valence-electron chi connectivity index (χ2n) is 6.14. The maximum atomic E-state index is 13.4. The van der Waals surface area contributed by atoms with Crippen molar-refractivity contribution >= 4 is 33.3 Å². The van der Waals surface area contributed by atoms with Crippen molar-refractivity contribution in [3.63, 3.8) is 0 Å². The van der Waals surface area contributed by atoms with Crippen LogP contribution in [0.15, 0.2) is 29.9 Å². The van der Waals surface area contributed by atoms with E-state index in [1.165, 1.54) is 17.4 Å². The van der Waals surface area contributed by atoms with Gasteiger partial charge in [0.25, 0.3) is 0 Å². The number of anilines is 1. The minimum absolute atomic E-state index is 0.135. The third kappa shape index (κ3) is 4.20. The fourth-order valence-electron chi connectivity index (χ4n) is 2.52. The summed E-state index contributed by atoms with van der Waals surface area (Å²) in [6.07, 6.45) is 2.76. The molecule has 0 aliphatic rings. The third-order valence-corrected chi connectivity index (χ3v) is 4.84. The van der Waals surface area contributed by atoms with Crippen LogP contribution in [0.1, 0.15) is 48.8 Å². The number of ketones is 1. The van der Waals surface area contributed by atoms with Crippen LogP contribution in [-0.4, -0.2) is 31.9 Å². The number of nitrogens with zero attached hydrogens (tertiary/aromatic N) is 3. The lowest BCUT2D eigenvalue weighted by molar-refractivity contribution is 0.0946. The van der Waals surface area contributed by atoms with E-state index in [0.29, 0.717) is 29.1 Å². The van der Waals surface area contributed by atoms with Gasteiger partial charge in [0, 0.05) is 12.6 Å². The van der Waals surface area contributed by atoms with Crippen molar-refractivity contribution in [2.24, 2.45) is 0 Å².